The Labute approximate surface area is 154 Å². The van der Waals surface area contributed by atoms with E-state index in [1.54, 1.807) is 10.4 Å². The van der Waals surface area contributed by atoms with Crippen LogP contribution in [0.15, 0.2) is 53.4 Å². The van der Waals surface area contributed by atoms with Crippen molar-refractivity contribution in [2.75, 3.05) is 13.1 Å². The van der Waals surface area contributed by atoms with Gasteiger partial charge in [-0.3, -0.25) is 0 Å². The Bertz CT molecular complexity index is 1020. The van der Waals surface area contributed by atoms with Gasteiger partial charge in [0.2, 0.25) is 10.0 Å². The van der Waals surface area contributed by atoms with E-state index in [9.17, 15) is 8.42 Å². The molecule has 0 radical (unpaired) electrons. The summed E-state index contributed by atoms with van der Waals surface area (Å²) in [5.74, 6) is 0.205. The number of H-pyrrole nitrogens is 1. The van der Waals surface area contributed by atoms with Gasteiger partial charge in [0.25, 0.3) is 0 Å². The molecule has 0 aliphatic carbocycles. The molecule has 136 valence electrons. The number of piperidine rings is 1. The van der Waals surface area contributed by atoms with E-state index in [2.05, 4.69) is 23.2 Å². The van der Waals surface area contributed by atoms with E-state index in [1.807, 2.05) is 38.1 Å². The Morgan fingerprint density at radius 1 is 1.08 bits per heavy atom. The molecule has 3 aromatic rings. The highest BCUT2D eigenvalue weighted by molar-refractivity contribution is 7.89. The fourth-order valence-electron chi connectivity index (χ4n) is 3.85. The van der Waals surface area contributed by atoms with Gasteiger partial charge in [0.05, 0.1) is 4.90 Å². The Kier molecular flexibility index (Phi) is 4.37. The lowest BCUT2D eigenvalue weighted by Gasteiger charge is -2.32. The lowest BCUT2D eigenvalue weighted by molar-refractivity contribution is 0.313. The molecule has 0 amide bonds. The van der Waals surface area contributed by atoms with Crippen LogP contribution in [0.5, 0.6) is 0 Å². The number of rotatable bonds is 3. The van der Waals surface area contributed by atoms with Crippen molar-refractivity contribution in [2.45, 2.75) is 37.5 Å². The van der Waals surface area contributed by atoms with Crippen LogP contribution in [0.4, 0.5) is 0 Å². The number of para-hydroxylation sites is 1. The maximum atomic E-state index is 13.2. The summed E-state index contributed by atoms with van der Waals surface area (Å²) >= 11 is 0. The van der Waals surface area contributed by atoms with Crippen molar-refractivity contribution < 1.29 is 8.42 Å². The number of aromatic amines is 1. The number of aromatic nitrogens is 1. The van der Waals surface area contributed by atoms with Crippen LogP contribution in [-0.4, -0.2) is 30.8 Å². The van der Waals surface area contributed by atoms with Gasteiger partial charge in [-0.25, -0.2) is 8.42 Å². The van der Waals surface area contributed by atoms with E-state index in [-0.39, 0.29) is 5.92 Å². The molecule has 1 atom stereocenters. The van der Waals surface area contributed by atoms with Gasteiger partial charge in [-0.05, 0) is 61.4 Å². The van der Waals surface area contributed by atoms with E-state index in [4.69, 9.17) is 0 Å². The fraction of sp³-hybridized carbons (Fsp3) is 0.333. The maximum Gasteiger partial charge on any atom is 0.243 e. The normalized spacial score (nSPS) is 19.1. The molecule has 2 heterocycles. The molecule has 4 nitrogen and oxygen atoms in total. The molecule has 1 fully saturated rings. The van der Waals surface area contributed by atoms with Crippen LogP contribution in [0.25, 0.3) is 10.9 Å². The van der Waals surface area contributed by atoms with Crippen molar-refractivity contribution in [3.8, 4) is 0 Å². The molecule has 4 rings (SSSR count). The van der Waals surface area contributed by atoms with Crippen molar-refractivity contribution in [1.82, 2.24) is 9.29 Å². The summed E-state index contributed by atoms with van der Waals surface area (Å²) in [6.45, 7) is 4.92. The molecule has 1 aliphatic heterocycles. The number of fused-ring (bicyclic) bond motifs is 1. The van der Waals surface area contributed by atoms with Crippen LogP contribution in [0, 0.1) is 13.8 Å². The average molecular weight is 369 g/mol. The zero-order valence-electron chi connectivity index (χ0n) is 15.2. The third-order valence-electron chi connectivity index (χ3n) is 5.34. The zero-order chi connectivity index (χ0) is 18.3. The number of aryl methyl sites for hydroxylation is 2. The summed E-state index contributed by atoms with van der Waals surface area (Å²) in [5, 5.41) is 1.18. The maximum absolute atomic E-state index is 13.2. The Morgan fingerprint density at radius 3 is 2.69 bits per heavy atom. The number of hydrogen-bond donors (Lipinski definition) is 1. The summed E-state index contributed by atoms with van der Waals surface area (Å²) in [6, 6.07) is 16.0. The molecule has 5 heteroatoms. The quantitative estimate of drug-likeness (QED) is 0.747. The highest BCUT2D eigenvalue weighted by Crippen LogP contribution is 2.32. The fourth-order valence-corrected chi connectivity index (χ4v) is 5.69. The van der Waals surface area contributed by atoms with E-state index in [0.717, 1.165) is 35.2 Å². The molecule has 0 spiro atoms. The molecule has 2 aromatic carbocycles. The predicted molar refractivity (Wildman–Crippen MR) is 105 cm³/mol. The summed E-state index contributed by atoms with van der Waals surface area (Å²) in [4.78, 5) is 3.92. The summed E-state index contributed by atoms with van der Waals surface area (Å²) in [5.41, 5.74) is 4.02. The number of sulfonamides is 1. The summed E-state index contributed by atoms with van der Waals surface area (Å²) in [7, 11) is -3.47. The Morgan fingerprint density at radius 2 is 1.88 bits per heavy atom. The molecule has 1 aromatic heterocycles. The molecular weight excluding hydrogens is 344 g/mol. The van der Waals surface area contributed by atoms with Crippen molar-refractivity contribution >= 4 is 20.9 Å². The lowest BCUT2D eigenvalue weighted by Crippen LogP contribution is -2.39. The van der Waals surface area contributed by atoms with Crippen LogP contribution in [-0.2, 0) is 10.0 Å². The first-order valence-electron chi connectivity index (χ1n) is 9.10. The Balaban J connectivity index is 1.64. The van der Waals surface area contributed by atoms with Crippen LogP contribution in [0.2, 0.25) is 0 Å². The first kappa shape index (κ1) is 17.3. The van der Waals surface area contributed by atoms with Crippen molar-refractivity contribution in [3.63, 3.8) is 0 Å². The van der Waals surface area contributed by atoms with Crippen molar-refractivity contribution in [2.24, 2.45) is 0 Å². The summed E-state index contributed by atoms with van der Waals surface area (Å²) < 4.78 is 28.1. The first-order valence-corrected chi connectivity index (χ1v) is 10.5. The Hall–Kier alpha value is -2.11. The molecule has 1 saturated heterocycles. The minimum atomic E-state index is -3.47. The molecule has 1 unspecified atom stereocenters. The van der Waals surface area contributed by atoms with Gasteiger partial charge in [0, 0.05) is 30.2 Å². The third kappa shape index (κ3) is 3.06. The number of nitrogens with zero attached hydrogens (tertiary/aromatic N) is 1. The van der Waals surface area contributed by atoms with Gasteiger partial charge in [0.15, 0.2) is 0 Å². The molecule has 26 heavy (non-hydrogen) atoms. The van der Waals surface area contributed by atoms with Crippen LogP contribution < -0.4 is 0 Å². The zero-order valence-corrected chi connectivity index (χ0v) is 16.0. The predicted octanol–water partition coefficient (Wildman–Crippen LogP) is 4.35. The average Bonchev–Trinajstić information content (AvgIpc) is 3.08. The number of hydrogen-bond acceptors (Lipinski definition) is 2. The van der Waals surface area contributed by atoms with Crippen LogP contribution >= 0.6 is 0 Å². The second-order valence-electron chi connectivity index (χ2n) is 7.28. The molecular formula is C21H24N2O2S. The van der Waals surface area contributed by atoms with E-state index in [1.165, 1.54) is 5.39 Å². The highest BCUT2D eigenvalue weighted by atomic mass is 32.2. The minimum absolute atomic E-state index is 0.205. The van der Waals surface area contributed by atoms with Gasteiger partial charge in [0.1, 0.15) is 0 Å². The van der Waals surface area contributed by atoms with E-state index in [0.29, 0.717) is 18.0 Å². The van der Waals surface area contributed by atoms with Gasteiger partial charge in [-0.15, -0.1) is 0 Å². The van der Waals surface area contributed by atoms with Gasteiger partial charge in [-0.2, -0.15) is 4.31 Å². The second kappa shape index (κ2) is 6.56. The first-order chi connectivity index (χ1) is 12.4. The molecule has 0 saturated carbocycles. The summed E-state index contributed by atoms with van der Waals surface area (Å²) in [6.07, 6.45) is 1.88. The van der Waals surface area contributed by atoms with E-state index < -0.39 is 10.0 Å². The third-order valence-corrected chi connectivity index (χ3v) is 7.34. The molecule has 1 N–H and O–H groups in total. The topological polar surface area (TPSA) is 53.2 Å². The highest BCUT2D eigenvalue weighted by Gasteiger charge is 2.32. The van der Waals surface area contributed by atoms with Crippen molar-refractivity contribution in [3.05, 3.63) is 65.4 Å². The van der Waals surface area contributed by atoms with Crippen LogP contribution in [0.1, 0.15) is 35.6 Å². The second-order valence-corrected chi connectivity index (χ2v) is 9.19. The number of nitrogens with one attached hydrogen (secondary N) is 1. The van der Waals surface area contributed by atoms with Gasteiger partial charge >= 0.3 is 0 Å². The smallest absolute Gasteiger partial charge is 0.243 e. The largest absolute Gasteiger partial charge is 0.358 e. The van der Waals surface area contributed by atoms with Gasteiger partial charge in [-0.1, -0.05) is 30.3 Å². The number of benzene rings is 2. The standard InChI is InChI=1S/C21H24N2O2S/c1-15-9-10-16(2)21(12-15)26(24,25)23-11-5-7-18(14-23)20-13-17-6-3-4-8-19(17)22-20/h3-4,6,8-10,12-13,18,22H,5,7,11,14H2,1-2H3. The molecule has 0 bridgehead atoms. The van der Waals surface area contributed by atoms with Crippen LogP contribution in [0.3, 0.4) is 0 Å². The van der Waals surface area contributed by atoms with Crippen molar-refractivity contribution in [1.29, 1.82) is 0 Å². The monoisotopic (exact) mass is 368 g/mol. The minimum Gasteiger partial charge on any atom is -0.358 e. The van der Waals surface area contributed by atoms with Gasteiger partial charge < -0.3 is 4.98 Å². The lowest BCUT2D eigenvalue weighted by atomic mass is 9.96. The SMILES string of the molecule is Cc1ccc(C)c(S(=O)(=O)N2CCCC(c3cc4ccccc4[nH]3)C2)c1. The molecule has 1 aliphatic rings. The van der Waals surface area contributed by atoms with E-state index >= 15 is 0 Å².